The van der Waals surface area contributed by atoms with Crippen molar-refractivity contribution in [2.75, 3.05) is 17.6 Å². The fourth-order valence-electron chi connectivity index (χ4n) is 2.89. The zero-order valence-electron chi connectivity index (χ0n) is 17.0. The summed E-state index contributed by atoms with van der Waals surface area (Å²) in [6.45, 7) is 0.352. The third-order valence-electron chi connectivity index (χ3n) is 4.54. The number of nitrogens with one attached hydrogen (secondary N) is 2. The van der Waals surface area contributed by atoms with Crippen LogP contribution in [-0.4, -0.2) is 43.9 Å². The predicted octanol–water partition coefficient (Wildman–Crippen LogP) is 3.27. The number of para-hydroxylation sites is 1. The summed E-state index contributed by atoms with van der Waals surface area (Å²) >= 11 is 2.70. The largest absolute Gasteiger partial charge is 0.352 e. The second-order valence-electron chi connectivity index (χ2n) is 6.79. The lowest BCUT2D eigenvalue weighted by atomic mass is 10.2. The van der Waals surface area contributed by atoms with Crippen molar-refractivity contribution in [3.05, 3.63) is 65.7 Å². The van der Waals surface area contributed by atoms with Gasteiger partial charge in [0.25, 0.3) is 5.91 Å². The molecule has 0 aliphatic heterocycles. The number of nitrogens with zero attached hydrogens (tertiary/aromatic N) is 4. The highest BCUT2D eigenvalue weighted by Gasteiger charge is 2.13. The molecule has 2 heterocycles. The molecule has 0 aliphatic carbocycles. The van der Waals surface area contributed by atoms with Crippen LogP contribution < -0.4 is 10.6 Å². The first-order valence-corrected chi connectivity index (χ1v) is 11.5. The number of thioether (sulfide) groups is 1. The van der Waals surface area contributed by atoms with E-state index in [0.717, 1.165) is 10.2 Å². The molecular formula is C21H19FN6O2S2. The number of rotatable bonds is 8. The molecule has 0 saturated heterocycles. The highest BCUT2D eigenvalue weighted by Crippen LogP contribution is 2.25. The van der Waals surface area contributed by atoms with E-state index in [-0.39, 0.29) is 23.4 Å². The van der Waals surface area contributed by atoms with E-state index in [2.05, 4.69) is 25.8 Å². The number of halogens is 1. The summed E-state index contributed by atoms with van der Waals surface area (Å²) < 4.78 is 15.8. The number of amides is 2. The molecule has 11 heteroatoms. The minimum absolute atomic E-state index is 0.170. The first-order valence-electron chi connectivity index (χ1n) is 9.70. The standard InChI is InChI=1S/C21H19FN6O2S2/c1-28-17(10-11-23-19(30)13-6-8-14(22)9-7-13)26-27-21(28)31-12-18(29)25-20-24-15-4-2-3-5-16(15)32-20/h2-9H,10-12H2,1H3,(H,23,30)(H,24,25,29). The maximum absolute atomic E-state index is 13.0. The Kier molecular flexibility index (Phi) is 6.76. The molecule has 0 radical (unpaired) electrons. The van der Waals surface area contributed by atoms with E-state index in [1.807, 2.05) is 31.3 Å². The van der Waals surface area contributed by atoms with Crippen molar-refractivity contribution in [3.8, 4) is 0 Å². The summed E-state index contributed by atoms with van der Waals surface area (Å²) in [6.07, 6.45) is 0.467. The van der Waals surface area contributed by atoms with Crippen LogP contribution in [0, 0.1) is 5.82 Å². The van der Waals surface area contributed by atoms with E-state index in [1.165, 1.54) is 47.4 Å². The minimum atomic E-state index is -0.389. The summed E-state index contributed by atoms with van der Waals surface area (Å²) in [7, 11) is 1.81. The van der Waals surface area contributed by atoms with Crippen LogP contribution in [0.4, 0.5) is 9.52 Å². The lowest BCUT2D eigenvalue weighted by Crippen LogP contribution is -2.26. The van der Waals surface area contributed by atoms with Gasteiger partial charge in [0.15, 0.2) is 10.3 Å². The normalized spacial score (nSPS) is 10.9. The smallest absolute Gasteiger partial charge is 0.251 e. The number of carbonyl (C=O) groups excluding carboxylic acids is 2. The molecule has 164 valence electrons. The van der Waals surface area contributed by atoms with Gasteiger partial charge in [0.1, 0.15) is 11.6 Å². The number of hydrogen-bond acceptors (Lipinski definition) is 7. The zero-order valence-corrected chi connectivity index (χ0v) is 18.7. The van der Waals surface area contributed by atoms with E-state index in [1.54, 1.807) is 4.57 Å². The van der Waals surface area contributed by atoms with Crippen molar-refractivity contribution < 1.29 is 14.0 Å². The zero-order chi connectivity index (χ0) is 22.5. The topological polar surface area (TPSA) is 102 Å². The van der Waals surface area contributed by atoms with Gasteiger partial charge in [-0.25, -0.2) is 9.37 Å². The SMILES string of the molecule is Cn1c(CCNC(=O)c2ccc(F)cc2)nnc1SCC(=O)Nc1nc2ccccc2s1. The maximum Gasteiger partial charge on any atom is 0.251 e. The average molecular weight is 471 g/mol. The van der Waals surface area contributed by atoms with Crippen LogP contribution in [0.1, 0.15) is 16.2 Å². The van der Waals surface area contributed by atoms with Crippen molar-refractivity contribution in [2.24, 2.45) is 7.05 Å². The number of anilines is 1. The Hall–Kier alpha value is -3.31. The fraction of sp³-hybridized carbons (Fsp3) is 0.190. The molecule has 32 heavy (non-hydrogen) atoms. The molecule has 2 amide bonds. The fourth-order valence-corrected chi connectivity index (χ4v) is 4.50. The first kappa shape index (κ1) is 21.9. The van der Waals surface area contributed by atoms with Crippen LogP contribution in [0.5, 0.6) is 0 Å². The number of carbonyl (C=O) groups is 2. The first-order chi connectivity index (χ1) is 15.5. The molecule has 0 spiro atoms. The second-order valence-corrected chi connectivity index (χ2v) is 8.77. The van der Waals surface area contributed by atoms with Gasteiger partial charge in [0.2, 0.25) is 5.91 Å². The van der Waals surface area contributed by atoms with E-state index < -0.39 is 0 Å². The van der Waals surface area contributed by atoms with Crippen molar-refractivity contribution in [1.82, 2.24) is 25.1 Å². The van der Waals surface area contributed by atoms with Crippen molar-refractivity contribution in [3.63, 3.8) is 0 Å². The van der Waals surface area contributed by atoms with Crippen LogP contribution in [0.3, 0.4) is 0 Å². The number of benzene rings is 2. The molecule has 2 aromatic heterocycles. The van der Waals surface area contributed by atoms with Gasteiger partial charge in [-0.05, 0) is 36.4 Å². The Balaban J connectivity index is 1.25. The molecule has 0 bridgehead atoms. The molecule has 0 saturated carbocycles. The Morgan fingerprint density at radius 3 is 2.69 bits per heavy atom. The van der Waals surface area contributed by atoms with Gasteiger partial charge in [-0.3, -0.25) is 9.59 Å². The summed E-state index contributed by atoms with van der Waals surface area (Å²) in [4.78, 5) is 28.8. The molecule has 4 aromatic rings. The Bertz CT molecular complexity index is 1220. The number of thiazole rings is 1. The van der Waals surface area contributed by atoms with Gasteiger partial charge >= 0.3 is 0 Å². The molecule has 0 fully saturated rings. The summed E-state index contributed by atoms with van der Waals surface area (Å²) in [5.41, 5.74) is 1.24. The Labute approximate surface area is 191 Å². The molecule has 4 rings (SSSR count). The monoisotopic (exact) mass is 470 g/mol. The predicted molar refractivity (Wildman–Crippen MR) is 122 cm³/mol. The molecule has 8 nitrogen and oxygen atoms in total. The molecular weight excluding hydrogens is 451 g/mol. The van der Waals surface area contributed by atoms with Gasteiger partial charge in [-0.2, -0.15) is 0 Å². The average Bonchev–Trinajstić information content (AvgIpc) is 3.35. The van der Waals surface area contributed by atoms with Crippen LogP contribution >= 0.6 is 23.1 Å². The third kappa shape index (κ3) is 5.29. The van der Waals surface area contributed by atoms with Crippen molar-refractivity contribution in [2.45, 2.75) is 11.6 Å². The Morgan fingerprint density at radius 1 is 1.12 bits per heavy atom. The molecule has 2 aromatic carbocycles. The van der Waals surface area contributed by atoms with Gasteiger partial charge < -0.3 is 15.2 Å². The van der Waals surface area contributed by atoms with Crippen LogP contribution in [0.25, 0.3) is 10.2 Å². The lowest BCUT2D eigenvalue weighted by Gasteiger charge is -2.06. The van der Waals surface area contributed by atoms with Gasteiger partial charge in [0.05, 0.1) is 16.0 Å². The Morgan fingerprint density at radius 2 is 1.91 bits per heavy atom. The molecule has 0 unspecified atom stereocenters. The van der Waals surface area contributed by atoms with Crippen molar-refractivity contribution in [1.29, 1.82) is 0 Å². The number of aromatic nitrogens is 4. The van der Waals surface area contributed by atoms with Gasteiger partial charge in [-0.15, -0.1) is 10.2 Å². The van der Waals surface area contributed by atoms with Crippen LogP contribution in [0.15, 0.2) is 53.7 Å². The quantitative estimate of drug-likeness (QED) is 0.383. The number of hydrogen-bond donors (Lipinski definition) is 2. The highest BCUT2D eigenvalue weighted by molar-refractivity contribution is 7.99. The minimum Gasteiger partial charge on any atom is -0.352 e. The van der Waals surface area contributed by atoms with Crippen molar-refractivity contribution >= 4 is 50.3 Å². The summed E-state index contributed by atoms with van der Waals surface area (Å²) in [5, 5.41) is 15.0. The highest BCUT2D eigenvalue weighted by atomic mass is 32.2. The molecule has 0 aliphatic rings. The second kappa shape index (κ2) is 9.88. The van der Waals surface area contributed by atoms with E-state index in [9.17, 15) is 14.0 Å². The number of fused-ring (bicyclic) bond motifs is 1. The third-order valence-corrected chi connectivity index (χ3v) is 6.51. The van der Waals surface area contributed by atoms with Crippen LogP contribution in [0.2, 0.25) is 0 Å². The van der Waals surface area contributed by atoms with E-state index in [4.69, 9.17) is 0 Å². The van der Waals surface area contributed by atoms with E-state index >= 15 is 0 Å². The van der Waals surface area contributed by atoms with E-state index in [0.29, 0.717) is 34.6 Å². The van der Waals surface area contributed by atoms with Crippen LogP contribution in [-0.2, 0) is 18.3 Å². The molecule has 0 atom stereocenters. The van der Waals surface area contributed by atoms with Gasteiger partial charge in [-0.1, -0.05) is 35.2 Å². The summed E-state index contributed by atoms with van der Waals surface area (Å²) in [5.74, 6) is -0.000190. The summed E-state index contributed by atoms with van der Waals surface area (Å²) in [6, 6.07) is 13.1. The maximum atomic E-state index is 13.0. The lowest BCUT2D eigenvalue weighted by molar-refractivity contribution is -0.113. The molecule has 2 N–H and O–H groups in total. The van der Waals surface area contributed by atoms with Gasteiger partial charge in [0, 0.05) is 25.6 Å².